The summed E-state index contributed by atoms with van der Waals surface area (Å²) in [5, 5.41) is 0. The normalized spacial score (nSPS) is 12.9. The summed E-state index contributed by atoms with van der Waals surface area (Å²) in [6, 6.07) is 0. The first-order chi connectivity index (χ1) is 7.10. The summed E-state index contributed by atoms with van der Waals surface area (Å²) < 4.78 is 5.27. The van der Waals surface area contributed by atoms with E-state index in [1.165, 1.54) is 0 Å². The van der Waals surface area contributed by atoms with E-state index in [4.69, 9.17) is 4.74 Å². The van der Waals surface area contributed by atoms with Crippen molar-refractivity contribution < 1.29 is 4.74 Å². The molecule has 0 fully saturated rings. The lowest BCUT2D eigenvalue weighted by Gasteiger charge is -2.13. The summed E-state index contributed by atoms with van der Waals surface area (Å²) in [4.78, 5) is 8.93. The van der Waals surface area contributed by atoms with Gasteiger partial charge in [-0.05, 0) is 12.3 Å². The molecular weight excluding hydrogens is 188 g/mol. The zero-order valence-electron chi connectivity index (χ0n) is 10.2. The average molecular weight is 208 g/mol. The van der Waals surface area contributed by atoms with Crippen molar-refractivity contribution in [2.24, 2.45) is 0 Å². The van der Waals surface area contributed by atoms with Gasteiger partial charge in [0.05, 0.1) is 12.8 Å². The van der Waals surface area contributed by atoms with Gasteiger partial charge in [-0.1, -0.05) is 27.7 Å². The highest BCUT2D eigenvalue weighted by molar-refractivity contribution is 5.24. The lowest BCUT2D eigenvalue weighted by molar-refractivity contribution is 0.383. The van der Waals surface area contributed by atoms with Crippen molar-refractivity contribution in [1.82, 2.24) is 9.97 Å². The molecule has 0 radical (unpaired) electrons. The Kier molecular flexibility index (Phi) is 4.06. The first-order valence-electron chi connectivity index (χ1n) is 5.50. The van der Waals surface area contributed by atoms with E-state index >= 15 is 0 Å². The summed E-state index contributed by atoms with van der Waals surface area (Å²) in [5.74, 6) is 1.45. The zero-order valence-corrected chi connectivity index (χ0v) is 10.2. The molecule has 3 heteroatoms. The van der Waals surface area contributed by atoms with Gasteiger partial charge >= 0.3 is 0 Å². The molecule has 0 unspecified atom stereocenters. The van der Waals surface area contributed by atoms with Gasteiger partial charge in [-0.3, -0.25) is 4.98 Å². The number of ether oxygens (including phenoxy) is 1. The maximum absolute atomic E-state index is 5.27. The fraction of sp³-hybridized carbons (Fsp3) is 0.667. The Morgan fingerprint density at radius 3 is 2.47 bits per heavy atom. The van der Waals surface area contributed by atoms with Crippen molar-refractivity contribution in [3.8, 4) is 5.88 Å². The van der Waals surface area contributed by atoms with E-state index < -0.39 is 0 Å². The Morgan fingerprint density at radius 1 is 1.33 bits per heavy atom. The largest absolute Gasteiger partial charge is 0.480 e. The monoisotopic (exact) mass is 208 g/mol. The van der Waals surface area contributed by atoms with Gasteiger partial charge in [-0.15, -0.1) is 0 Å². The Bertz CT molecular complexity index is 323. The molecule has 0 saturated carbocycles. The molecule has 0 N–H and O–H groups in total. The van der Waals surface area contributed by atoms with Crippen LogP contribution in [0, 0.1) is 0 Å². The van der Waals surface area contributed by atoms with Crippen molar-refractivity contribution in [2.45, 2.75) is 46.0 Å². The van der Waals surface area contributed by atoms with Crippen LogP contribution in [0.3, 0.4) is 0 Å². The summed E-state index contributed by atoms with van der Waals surface area (Å²) in [6.07, 6.45) is 2.94. The van der Waals surface area contributed by atoms with Gasteiger partial charge in [0.1, 0.15) is 5.69 Å². The Morgan fingerprint density at radius 2 is 2.00 bits per heavy atom. The number of nitrogens with zero attached hydrogens (tertiary/aromatic N) is 2. The van der Waals surface area contributed by atoms with Gasteiger partial charge in [0.15, 0.2) is 0 Å². The van der Waals surface area contributed by atoms with E-state index in [9.17, 15) is 0 Å². The van der Waals surface area contributed by atoms with E-state index in [0.717, 1.165) is 17.8 Å². The molecule has 84 valence electrons. The molecule has 1 aromatic heterocycles. The van der Waals surface area contributed by atoms with Crippen LogP contribution in [-0.4, -0.2) is 17.1 Å². The molecular formula is C12H20N2O. The van der Waals surface area contributed by atoms with Crippen LogP contribution >= 0.6 is 0 Å². The van der Waals surface area contributed by atoms with Gasteiger partial charge in [-0.2, -0.15) is 0 Å². The van der Waals surface area contributed by atoms with Crippen LogP contribution in [0.15, 0.2) is 6.20 Å². The highest BCUT2D eigenvalue weighted by Crippen LogP contribution is 2.24. The number of hydrogen-bond acceptors (Lipinski definition) is 3. The van der Waals surface area contributed by atoms with Gasteiger partial charge in [0.25, 0.3) is 0 Å². The van der Waals surface area contributed by atoms with Crippen molar-refractivity contribution in [3.63, 3.8) is 0 Å². The van der Waals surface area contributed by atoms with E-state index in [2.05, 4.69) is 37.7 Å². The molecule has 1 atom stereocenters. The second-order valence-electron chi connectivity index (χ2n) is 4.15. The van der Waals surface area contributed by atoms with Gasteiger partial charge in [-0.25, -0.2) is 4.98 Å². The van der Waals surface area contributed by atoms with Gasteiger partial charge < -0.3 is 4.74 Å². The molecule has 0 spiro atoms. The van der Waals surface area contributed by atoms with Crippen LogP contribution in [0.2, 0.25) is 0 Å². The zero-order chi connectivity index (χ0) is 11.4. The maximum Gasteiger partial charge on any atom is 0.235 e. The minimum absolute atomic E-state index is 0.346. The highest BCUT2D eigenvalue weighted by atomic mass is 16.5. The van der Waals surface area contributed by atoms with Crippen LogP contribution < -0.4 is 4.74 Å². The van der Waals surface area contributed by atoms with Crippen molar-refractivity contribution in [2.75, 3.05) is 7.11 Å². The quantitative estimate of drug-likeness (QED) is 0.762. The molecule has 1 rings (SSSR count). The minimum atomic E-state index is 0.346. The van der Waals surface area contributed by atoms with E-state index in [1.807, 2.05) is 6.20 Å². The second kappa shape index (κ2) is 5.10. The molecule has 1 aromatic rings. The van der Waals surface area contributed by atoms with Crippen LogP contribution in [0.4, 0.5) is 0 Å². The molecule has 0 bridgehead atoms. The smallest absolute Gasteiger partial charge is 0.235 e. The third-order valence-corrected chi connectivity index (χ3v) is 2.64. The second-order valence-corrected chi connectivity index (χ2v) is 4.15. The van der Waals surface area contributed by atoms with Crippen LogP contribution in [0.25, 0.3) is 0 Å². The molecule has 0 aliphatic rings. The van der Waals surface area contributed by atoms with E-state index in [1.54, 1.807) is 7.11 Å². The lowest BCUT2D eigenvalue weighted by atomic mass is 10.1. The van der Waals surface area contributed by atoms with Gasteiger partial charge in [0, 0.05) is 12.1 Å². The Hall–Kier alpha value is -1.12. The van der Waals surface area contributed by atoms with Crippen molar-refractivity contribution in [1.29, 1.82) is 0 Å². The maximum atomic E-state index is 5.27. The molecule has 3 nitrogen and oxygen atoms in total. The van der Waals surface area contributed by atoms with Crippen LogP contribution in [-0.2, 0) is 0 Å². The van der Waals surface area contributed by atoms with Crippen molar-refractivity contribution >= 4 is 0 Å². The first-order valence-corrected chi connectivity index (χ1v) is 5.50. The molecule has 0 aliphatic heterocycles. The minimum Gasteiger partial charge on any atom is -0.480 e. The van der Waals surface area contributed by atoms with E-state index in [-0.39, 0.29) is 0 Å². The van der Waals surface area contributed by atoms with Crippen molar-refractivity contribution in [3.05, 3.63) is 17.6 Å². The predicted octanol–water partition coefficient (Wildman–Crippen LogP) is 3.12. The van der Waals surface area contributed by atoms with Gasteiger partial charge in [0.2, 0.25) is 5.88 Å². The SMILES string of the molecule is CC[C@H](C)c1cnc(C(C)C)c(OC)n1. The lowest BCUT2D eigenvalue weighted by Crippen LogP contribution is -2.05. The fourth-order valence-electron chi connectivity index (χ4n) is 1.39. The molecule has 0 aromatic carbocycles. The standard InChI is InChI=1S/C12H20N2O/c1-6-9(4)10-7-13-11(8(2)3)12(14-10)15-5/h7-9H,6H2,1-5H3/t9-/m0/s1. The van der Waals surface area contributed by atoms with E-state index in [0.29, 0.717) is 17.7 Å². The summed E-state index contributed by atoms with van der Waals surface area (Å²) in [7, 11) is 1.65. The average Bonchev–Trinajstić information content (AvgIpc) is 2.26. The molecule has 15 heavy (non-hydrogen) atoms. The highest BCUT2D eigenvalue weighted by Gasteiger charge is 2.13. The fourth-order valence-corrected chi connectivity index (χ4v) is 1.39. The Balaban J connectivity index is 3.07. The third-order valence-electron chi connectivity index (χ3n) is 2.64. The predicted molar refractivity (Wildman–Crippen MR) is 61.4 cm³/mol. The molecule has 0 amide bonds. The number of aromatic nitrogens is 2. The number of rotatable bonds is 4. The summed E-state index contributed by atoms with van der Waals surface area (Å²) in [6.45, 7) is 8.48. The molecule has 0 aliphatic carbocycles. The number of methoxy groups -OCH3 is 1. The Labute approximate surface area is 91.9 Å². The first kappa shape index (κ1) is 12.0. The summed E-state index contributed by atoms with van der Waals surface area (Å²) >= 11 is 0. The summed E-state index contributed by atoms with van der Waals surface area (Å²) in [5.41, 5.74) is 1.95. The molecule has 0 saturated heterocycles. The third kappa shape index (κ3) is 2.67. The van der Waals surface area contributed by atoms with Crippen LogP contribution in [0.1, 0.15) is 57.3 Å². The number of hydrogen-bond donors (Lipinski definition) is 0. The molecule has 1 heterocycles. The van der Waals surface area contributed by atoms with Crippen LogP contribution in [0.5, 0.6) is 5.88 Å². The topological polar surface area (TPSA) is 35.0 Å².